The number of amides is 1. The van der Waals surface area contributed by atoms with Crippen molar-refractivity contribution in [1.82, 2.24) is 0 Å². The Morgan fingerprint density at radius 1 is 1.11 bits per heavy atom. The third kappa shape index (κ3) is 3.44. The monoisotopic (exact) mass is 422 g/mol. The van der Waals surface area contributed by atoms with Crippen LogP contribution in [0, 0.1) is 0 Å². The molecule has 0 aliphatic carbocycles. The normalized spacial score (nSPS) is 15.3. The Balaban J connectivity index is 1.82. The Bertz CT molecular complexity index is 1040. The number of aliphatic imine (C=N–C) groups is 1. The molecule has 0 radical (unpaired) electrons. The quantitative estimate of drug-likeness (QED) is 0.562. The van der Waals surface area contributed by atoms with E-state index in [1.165, 1.54) is 0 Å². The van der Waals surface area contributed by atoms with Crippen molar-refractivity contribution in [2.75, 3.05) is 12.0 Å². The molecule has 2 aromatic carbocycles. The van der Waals surface area contributed by atoms with Crippen molar-refractivity contribution in [3.63, 3.8) is 0 Å². The SMILES string of the molecule is COc1ccc(C2=N/C(=C/c3ccco3)C(=O)N2c2cccc(Br)c2)cc1. The minimum absolute atomic E-state index is 0.213. The molecule has 1 aliphatic rings. The lowest BCUT2D eigenvalue weighted by Gasteiger charge is -2.19. The van der Waals surface area contributed by atoms with Crippen molar-refractivity contribution >= 4 is 39.4 Å². The predicted molar refractivity (Wildman–Crippen MR) is 108 cm³/mol. The van der Waals surface area contributed by atoms with E-state index in [1.807, 2.05) is 48.5 Å². The Morgan fingerprint density at radius 3 is 2.59 bits per heavy atom. The number of halogens is 1. The van der Waals surface area contributed by atoms with Gasteiger partial charge in [0.15, 0.2) is 0 Å². The second-order valence-corrected chi connectivity index (χ2v) is 6.75. The van der Waals surface area contributed by atoms with E-state index >= 15 is 0 Å². The Labute approximate surface area is 164 Å². The molecule has 0 atom stereocenters. The van der Waals surface area contributed by atoms with Gasteiger partial charge in [0.25, 0.3) is 5.91 Å². The Kier molecular flexibility index (Phi) is 4.64. The first kappa shape index (κ1) is 17.3. The molecule has 134 valence electrons. The summed E-state index contributed by atoms with van der Waals surface area (Å²) in [5.74, 6) is 1.66. The van der Waals surface area contributed by atoms with E-state index in [1.54, 1.807) is 36.5 Å². The fraction of sp³-hybridized carbons (Fsp3) is 0.0476. The van der Waals surface area contributed by atoms with Gasteiger partial charge in [-0.3, -0.25) is 9.69 Å². The van der Waals surface area contributed by atoms with Crippen molar-refractivity contribution in [2.24, 2.45) is 4.99 Å². The molecule has 5 nitrogen and oxygen atoms in total. The first-order valence-electron chi connectivity index (χ1n) is 8.24. The zero-order chi connectivity index (χ0) is 18.8. The van der Waals surface area contributed by atoms with E-state index < -0.39 is 0 Å². The van der Waals surface area contributed by atoms with Gasteiger partial charge in [0, 0.05) is 16.1 Å². The van der Waals surface area contributed by atoms with Crippen molar-refractivity contribution in [2.45, 2.75) is 0 Å². The van der Waals surface area contributed by atoms with Crippen LogP contribution in [0.1, 0.15) is 11.3 Å². The lowest BCUT2D eigenvalue weighted by molar-refractivity contribution is -0.113. The first-order chi connectivity index (χ1) is 13.2. The van der Waals surface area contributed by atoms with Gasteiger partial charge in [-0.05, 0) is 54.6 Å². The van der Waals surface area contributed by atoms with Crippen LogP contribution in [0.2, 0.25) is 0 Å². The molecule has 27 heavy (non-hydrogen) atoms. The van der Waals surface area contributed by atoms with Crippen molar-refractivity contribution in [3.05, 3.63) is 88.4 Å². The van der Waals surface area contributed by atoms with Crippen molar-refractivity contribution in [3.8, 4) is 5.75 Å². The van der Waals surface area contributed by atoms with Gasteiger partial charge in [-0.1, -0.05) is 22.0 Å². The van der Waals surface area contributed by atoms with E-state index in [2.05, 4.69) is 20.9 Å². The predicted octanol–water partition coefficient (Wildman–Crippen LogP) is 4.89. The molecule has 1 amide bonds. The Hall–Kier alpha value is -3.12. The second kappa shape index (κ2) is 7.25. The van der Waals surface area contributed by atoms with E-state index in [4.69, 9.17) is 9.15 Å². The summed E-state index contributed by atoms with van der Waals surface area (Å²) in [4.78, 5) is 19.3. The van der Waals surface area contributed by atoms with E-state index in [9.17, 15) is 4.79 Å². The van der Waals surface area contributed by atoms with Gasteiger partial charge >= 0.3 is 0 Å². The van der Waals surface area contributed by atoms with Crippen LogP contribution < -0.4 is 9.64 Å². The lowest BCUT2D eigenvalue weighted by Crippen LogP contribution is -2.32. The molecule has 2 heterocycles. The third-order valence-corrected chi connectivity index (χ3v) is 4.59. The molecule has 0 fully saturated rings. The molecule has 1 aliphatic heterocycles. The van der Waals surface area contributed by atoms with Gasteiger partial charge in [0.1, 0.15) is 23.0 Å². The van der Waals surface area contributed by atoms with Gasteiger partial charge in [0.05, 0.1) is 19.1 Å². The van der Waals surface area contributed by atoms with Crippen LogP contribution in [0.15, 0.2) is 86.5 Å². The van der Waals surface area contributed by atoms with Crippen LogP contribution in [0.5, 0.6) is 5.75 Å². The molecule has 0 saturated carbocycles. The Morgan fingerprint density at radius 2 is 1.93 bits per heavy atom. The van der Waals surface area contributed by atoms with Crippen LogP contribution in [0.25, 0.3) is 6.08 Å². The van der Waals surface area contributed by atoms with Gasteiger partial charge in [-0.2, -0.15) is 0 Å². The maximum Gasteiger partial charge on any atom is 0.282 e. The molecule has 3 aromatic rings. The summed E-state index contributed by atoms with van der Waals surface area (Å²) in [7, 11) is 1.61. The van der Waals surface area contributed by atoms with Crippen LogP contribution in [0.3, 0.4) is 0 Å². The molecule has 1 aromatic heterocycles. The van der Waals surface area contributed by atoms with Gasteiger partial charge < -0.3 is 9.15 Å². The highest BCUT2D eigenvalue weighted by Gasteiger charge is 2.32. The number of hydrogen-bond acceptors (Lipinski definition) is 4. The summed E-state index contributed by atoms with van der Waals surface area (Å²) in [5, 5.41) is 0. The number of rotatable bonds is 4. The number of furan rings is 1. The number of carbonyl (C=O) groups excluding carboxylic acids is 1. The van der Waals surface area contributed by atoms with E-state index in [0.29, 0.717) is 17.3 Å². The number of benzene rings is 2. The fourth-order valence-corrected chi connectivity index (χ4v) is 3.20. The number of carbonyl (C=O) groups is 1. The van der Waals surface area contributed by atoms with Crippen molar-refractivity contribution < 1.29 is 13.9 Å². The zero-order valence-corrected chi connectivity index (χ0v) is 16.0. The molecule has 0 N–H and O–H groups in total. The molecule has 4 rings (SSSR count). The van der Waals surface area contributed by atoms with E-state index in [-0.39, 0.29) is 5.91 Å². The first-order valence-corrected chi connectivity index (χ1v) is 9.03. The highest BCUT2D eigenvalue weighted by molar-refractivity contribution is 9.10. The minimum Gasteiger partial charge on any atom is -0.497 e. The molecule has 0 saturated heterocycles. The zero-order valence-electron chi connectivity index (χ0n) is 14.4. The number of anilines is 1. The van der Waals surface area contributed by atoms with Crippen LogP contribution in [0.4, 0.5) is 5.69 Å². The molecule has 0 spiro atoms. The minimum atomic E-state index is -0.213. The summed E-state index contributed by atoms with van der Waals surface area (Å²) in [6.07, 6.45) is 3.20. The summed E-state index contributed by atoms with van der Waals surface area (Å²) in [6.45, 7) is 0. The van der Waals surface area contributed by atoms with Crippen LogP contribution in [-0.2, 0) is 4.79 Å². The largest absolute Gasteiger partial charge is 0.497 e. The molecule has 6 heteroatoms. The standard InChI is InChI=1S/C21H15BrN2O3/c1-26-17-9-7-14(8-10-17)20-23-19(13-18-6-3-11-27-18)21(25)24(20)16-5-2-4-15(22)12-16/h2-13H,1H3/b19-13+. The van der Waals surface area contributed by atoms with Crippen molar-refractivity contribution in [1.29, 1.82) is 0 Å². The van der Waals surface area contributed by atoms with Gasteiger partial charge in [-0.15, -0.1) is 0 Å². The topological polar surface area (TPSA) is 55.0 Å². The average Bonchev–Trinajstić information content (AvgIpc) is 3.30. The number of hydrogen-bond donors (Lipinski definition) is 0. The van der Waals surface area contributed by atoms with Crippen LogP contribution in [-0.4, -0.2) is 18.9 Å². The summed E-state index contributed by atoms with van der Waals surface area (Å²) in [5.41, 5.74) is 1.86. The molecular formula is C21H15BrN2O3. The highest BCUT2D eigenvalue weighted by atomic mass is 79.9. The third-order valence-electron chi connectivity index (χ3n) is 4.10. The van der Waals surface area contributed by atoms with Gasteiger partial charge in [0.2, 0.25) is 0 Å². The number of amidine groups is 1. The lowest BCUT2D eigenvalue weighted by atomic mass is 10.1. The number of nitrogens with zero attached hydrogens (tertiary/aromatic N) is 2. The maximum atomic E-state index is 13.1. The smallest absolute Gasteiger partial charge is 0.282 e. The molecule has 0 unspecified atom stereocenters. The molecular weight excluding hydrogens is 408 g/mol. The van der Waals surface area contributed by atoms with Gasteiger partial charge in [-0.25, -0.2) is 4.99 Å². The average molecular weight is 423 g/mol. The molecule has 0 bridgehead atoms. The van der Waals surface area contributed by atoms with E-state index in [0.717, 1.165) is 21.5 Å². The summed E-state index contributed by atoms with van der Waals surface area (Å²) in [6, 6.07) is 18.5. The summed E-state index contributed by atoms with van der Waals surface area (Å²) < 4.78 is 11.4. The number of methoxy groups -OCH3 is 1. The number of ether oxygens (including phenoxy) is 1. The van der Waals surface area contributed by atoms with Crippen LogP contribution >= 0.6 is 15.9 Å². The second-order valence-electron chi connectivity index (χ2n) is 5.83. The summed E-state index contributed by atoms with van der Waals surface area (Å²) >= 11 is 3.46. The maximum absolute atomic E-state index is 13.1. The fourth-order valence-electron chi connectivity index (χ4n) is 2.81. The highest BCUT2D eigenvalue weighted by Crippen LogP contribution is 2.30.